The molecule has 1 saturated carbocycles. The molecule has 0 bridgehead atoms. The molecule has 3 aliphatic carbocycles. The molecule has 0 aliphatic heterocycles. The molecule has 0 saturated heterocycles. The molecule has 2 N–H and O–H groups in total. The summed E-state index contributed by atoms with van der Waals surface area (Å²) in [6.45, 7) is 4.83. The van der Waals surface area contributed by atoms with Crippen LogP contribution in [0.1, 0.15) is 56.6 Å². The average molecular weight is 347 g/mol. The number of hydrogen-bond donors (Lipinski definition) is 1. The molecule has 0 aromatic heterocycles. The van der Waals surface area contributed by atoms with Crippen molar-refractivity contribution in [1.82, 2.24) is 0 Å². The van der Waals surface area contributed by atoms with Gasteiger partial charge in [-0.25, -0.2) is 0 Å². The van der Waals surface area contributed by atoms with Crippen LogP contribution < -0.4 is 10.1 Å². The topological polar surface area (TPSA) is 53.7 Å². The van der Waals surface area contributed by atoms with Crippen LogP contribution in [0, 0.1) is 17.3 Å². The average Bonchev–Trinajstić information content (AvgIpc) is 2.90. The summed E-state index contributed by atoms with van der Waals surface area (Å²) < 4.78 is 9.93. The van der Waals surface area contributed by atoms with Crippen molar-refractivity contribution in [1.29, 1.82) is 0 Å². The van der Waals surface area contributed by atoms with Crippen molar-refractivity contribution in [2.45, 2.75) is 51.9 Å². The third-order valence-corrected chi connectivity index (χ3v) is 7.26. The van der Waals surface area contributed by atoms with E-state index in [0.29, 0.717) is 11.3 Å². The van der Waals surface area contributed by atoms with Crippen molar-refractivity contribution < 1.29 is 13.5 Å². The molecule has 5 heteroatoms. The molecule has 1 fully saturated rings. The van der Waals surface area contributed by atoms with Gasteiger partial charge in [-0.3, -0.25) is 0 Å². The zero-order valence-electron chi connectivity index (χ0n) is 14.3. The van der Waals surface area contributed by atoms with E-state index in [-0.39, 0.29) is 0 Å². The van der Waals surface area contributed by atoms with Gasteiger partial charge in [0, 0.05) is 0 Å². The summed E-state index contributed by atoms with van der Waals surface area (Å²) in [5.41, 5.74) is 5.03. The summed E-state index contributed by atoms with van der Waals surface area (Å²) in [6, 6.07) is 6.42. The lowest BCUT2D eigenvalue weighted by Gasteiger charge is -2.50. The summed E-state index contributed by atoms with van der Waals surface area (Å²) in [7, 11) is 0. The molecule has 130 valence electrons. The van der Waals surface area contributed by atoms with Crippen LogP contribution in [0.5, 0.6) is 5.75 Å². The fraction of sp³-hybridized carbons (Fsp3) is 0.579. The van der Waals surface area contributed by atoms with E-state index >= 15 is 0 Å². The quantitative estimate of drug-likeness (QED) is 0.277. The molecule has 4 rings (SSSR count). The Balaban J connectivity index is 1.55. The number of nitrogens with two attached hydrogens (primary N) is 1. The monoisotopic (exact) mass is 347 g/mol. The number of allylic oxidation sites excluding steroid dienone is 2. The summed E-state index contributed by atoms with van der Waals surface area (Å²) in [6.07, 6.45) is 8.81. The van der Waals surface area contributed by atoms with Gasteiger partial charge in [0.1, 0.15) is 5.75 Å². The molecular formula is C19H25NO3S. The first-order valence-corrected chi connectivity index (χ1v) is 9.47. The molecule has 1 aromatic carbocycles. The van der Waals surface area contributed by atoms with E-state index in [4.69, 9.17) is 10.1 Å². The number of benzene rings is 1. The highest BCUT2D eigenvalue weighted by molar-refractivity contribution is 7.90. The summed E-state index contributed by atoms with van der Waals surface area (Å²) >= 11 is 0.738. The van der Waals surface area contributed by atoms with Gasteiger partial charge >= 0.3 is 0 Å². The van der Waals surface area contributed by atoms with Crippen LogP contribution in [0.3, 0.4) is 0 Å². The van der Waals surface area contributed by atoms with E-state index in [1.54, 1.807) is 5.57 Å². The lowest BCUT2D eigenvalue weighted by Crippen LogP contribution is -2.40. The van der Waals surface area contributed by atoms with Gasteiger partial charge in [-0.1, -0.05) is 24.6 Å². The second-order valence-corrected chi connectivity index (χ2v) is 8.11. The molecule has 3 unspecified atom stereocenters. The number of hydrogen-bond acceptors (Lipinski definition) is 5. The first-order valence-electron chi connectivity index (χ1n) is 8.80. The van der Waals surface area contributed by atoms with E-state index in [1.165, 1.54) is 36.8 Å². The number of aryl methyl sites for hydroxylation is 1. The Kier molecular flexibility index (Phi) is 4.37. The van der Waals surface area contributed by atoms with Crippen LogP contribution in [-0.4, -0.2) is 0 Å². The highest BCUT2D eigenvalue weighted by atomic mass is 32.2. The molecule has 4 nitrogen and oxygen atoms in total. The third-order valence-electron chi connectivity index (χ3n) is 6.86. The molecule has 0 heterocycles. The van der Waals surface area contributed by atoms with Gasteiger partial charge in [-0.15, -0.1) is 9.32 Å². The van der Waals surface area contributed by atoms with E-state index in [9.17, 15) is 0 Å². The first-order chi connectivity index (χ1) is 11.6. The Morgan fingerprint density at radius 3 is 3.00 bits per heavy atom. The van der Waals surface area contributed by atoms with Crippen molar-refractivity contribution >= 4 is 12.3 Å². The van der Waals surface area contributed by atoms with Crippen molar-refractivity contribution in [3.05, 3.63) is 41.0 Å². The van der Waals surface area contributed by atoms with Crippen LogP contribution in [0.15, 0.2) is 29.8 Å². The maximum atomic E-state index is 5.43. The zero-order valence-corrected chi connectivity index (χ0v) is 15.1. The maximum absolute atomic E-state index is 5.43. The van der Waals surface area contributed by atoms with Crippen LogP contribution in [-0.2, 0) is 15.7 Å². The number of rotatable bonds is 4. The highest BCUT2D eigenvalue weighted by Crippen LogP contribution is 2.60. The Hall–Kier alpha value is -1.01. The second-order valence-electron chi connectivity index (χ2n) is 7.67. The first kappa shape index (κ1) is 16.5. The van der Waals surface area contributed by atoms with E-state index in [2.05, 4.69) is 41.4 Å². The minimum atomic E-state index is 0.442. The fourth-order valence-corrected chi connectivity index (χ4v) is 5.70. The molecule has 0 spiro atoms. The van der Waals surface area contributed by atoms with Gasteiger partial charge in [0.05, 0.1) is 0 Å². The van der Waals surface area contributed by atoms with E-state index < -0.39 is 0 Å². The zero-order chi connectivity index (χ0) is 16.7. The largest absolute Gasteiger partial charge is 0.399 e. The minimum absolute atomic E-state index is 0.442. The molecule has 0 radical (unpaired) electrons. The van der Waals surface area contributed by atoms with Crippen LogP contribution in [0.4, 0.5) is 0 Å². The Morgan fingerprint density at radius 1 is 1.29 bits per heavy atom. The van der Waals surface area contributed by atoms with Crippen LogP contribution in [0.25, 0.3) is 0 Å². The van der Waals surface area contributed by atoms with Gasteiger partial charge in [0.15, 0.2) is 0 Å². The highest BCUT2D eigenvalue weighted by Gasteiger charge is 2.50. The van der Waals surface area contributed by atoms with Gasteiger partial charge < -0.3 is 4.18 Å². The van der Waals surface area contributed by atoms with Gasteiger partial charge in [-0.2, -0.15) is 5.90 Å². The molecule has 1 aromatic rings. The SMILES string of the molecule is CC1=CCC2C3CCc4cc(OSOON)ccc4C3CC[C@]12C. The molecule has 24 heavy (non-hydrogen) atoms. The summed E-state index contributed by atoms with van der Waals surface area (Å²) in [5, 5.41) is 0. The second kappa shape index (κ2) is 6.37. The van der Waals surface area contributed by atoms with Crippen LogP contribution >= 0.6 is 12.3 Å². The molecule has 3 aliphatic rings. The molecule has 0 amide bonds. The van der Waals surface area contributed by atoms with Gasteiger partial charge in [-0.05, 0) is 85.5 Å². The predicted octanol–water partition coefficient (Wildman–Crippen LogP) is 4.86. The molecular weight excluding hydrogens is 322 g/mol. The predicted molar refractivity (Wildman–Crippen MR) is 94.8 cm³/mol. The van der Waals surface area contributed by atoms with Crippen molar-refractivity contribution in [3.8, 4) is 5.75 Å². The molecule has 4 atom stereocenters. The lowest BCUT2D eigenvalue weighted by atomic mass is 9.54. The van der Waals surface area contributed by atoms with E-state index in [1.807, 2.05) is 6.07 Å². The standard InChI is InChI=1S/C19H25NO3S/c1-12-3-8-18-17-6-4-13-11-14(21-24-23-22-20)5-7-15(13)16(17)9-10-19(12,18)2/h3,5,7,11,16-18H,4,6,8-10,20H2,1-2H3/t16?,17?,18?,19-/m1/s1. The van der Waals surface area contributed by atoms with Gasteiger partial charge in [0.25, 0.3) is 12.3 Å². The number of fused-ring (bicyclic) bond motifs is 5. The van der Waals surface area contributed by atoms with Crippen molar-refractivity contribution in [2.75, 3.05) is 0 Å². The summed E-state index contributed by atoms with van der Waals surface area (Å²) in [4.78, 5) is 4.04. The van der Waals surface area contributed by atoms with E-state index in [0.717, 1.165) is 36.3 Å². The smallest absolute Gasteiger partial charge is 0.260 e. The Morgan fingerprint density at radius 2 is 2.17 bits per heavy atom. The third kappa shape index (κ3) is 2.58. The fourth-order valence-electron chi connectivity index (χ4n) is 5.46. The van der Waals surface area contributed by atoms with Crippen molar-refractivity contribution in [2.24, 2.45) is 23.1 Å². The summed E-state index contributed by atoms with van der Waals surface area (Å²) in [5.74, 6) is 7.95. The normalized spacial score (nSPS) is 34.1. The lowest BCUT2D eigenvalue weighted by molar-refractivity contribution is -0.199. The van der Waals surface area contributed by atoms with Crippen molar-refractivity contribution in [3.63, 3.8) is 0 Å². The Bertz CT molecular complexity index is 662. The van der Waals surface area contributed by atoms with Gasteiger partial charge in [0.2, 0.25) is 0 Å². The minimum Gasteiger partial charge on any atom is -0.399 e. The maximum Gasteiger partial charge on any atom is 0.260 e. The Labute approximate surface area is 148 Å². The van der Waals surface area contributed by atoms with Crippen LogP contribution in [0.2, 0.25) is 0 Å².